The van der Waals surface area contributed by atoms with Gasteiger partial charge in [0.2, 0.25) is 6.71 Å². The summed E-state index contributed by atoms with van der Waals surface area (Å²) in [4.78, 5) is 20.2. The Labute approximate surface area is 354 Å². The van der Waals surface area contributed by atoms with Gasteiger partial charge in [-0.1, -0.05) is 186 Å². The first-order valence-electron chi connectivity index (χ1n) is 21.1. The lowest BCUT2D eigenvalue weighted by atomic mass is 9.33. The molecule has 1 aromatic heterocycles. The maximum atomic E-state index is 16.2. The van der Waals surface area contributed by atoms with E-state index in [0.29, 0.717) is 0 Å². The molecule has 3 aliphatic rings. The number of fused-ring (bicyclic) bond motifs is 7. The van der Waals surface area contributed by atoms with Crippen LogP contribution in [0, 0.1) is 13.8 Å². The van der Waals surface area contributed by atoms with E-state index in [1.807, 2.05) is 28.0 Å². The highest BCUT2D eigenvalue weighted by molar-refractivity contribution is 7.01. The summed E-state index contributed by atoms with van der Waals surface area (Å²) in [6, 6.07) is 64.9. The predicted molar refractivity (Wildman–Crippen MR) is 256 cm³/mol. The summed E-state index contributed by atoms with van der Waals surface area (Å²) in [5.74, 6) is 0. The highest BCUT2D eigenvalue weighted by Crippen LogP contribution is 2.49. The van der Waals surface area contributed by atoms with Crippen LogP contribution >= 0.6 is 0 Å². The van der Waals surface area contributed by atoms with Gasteiger partial charge in [-0.05, 0) is 86.8 Å². The molecule has 0 aliphatic carbocycles. The smallest absolute Gasteiger partial charge is 0.338 e. The van der Waals surface area contributed by atoms with Crippen molar-refractivity contribution in [3.63, 3.8) is 0 Å². The zero-order valence-corrected chi connectivity index (χ0v) is 33.7. The van der Waals surface area contributed by atoms with Crippen LogP contribution in [0.15, 0.2) is 186 Å². The molecule has 61 heavy (non-hydrogen) atoms. The molecule has 284 valence electrons. The molecule has 6 heteroatoms. The Hall–Kier alpha value is -7.56. The molecule has 10 aromatic rings. The Bertz CT molecular complexity index is 3510. The molecule has 3 aliphatic heterocycles. The van der Waals surface area contributed by atoms with Crippen LogP contribution < -0.4 is 42.8 Å². The standard InChI is InChI=1S/C55H36B2N2O2/c1-33-15-13-24-40(35-17-5-3-6-18-35)49(33)56-43-29-27-37-28-30-44-53-48(37)52(43)58(46-32-39-22-10-9-21-38(39)31-45(46)56)55(60)59(53)51-42-23-11-12-26-47(42)61-54(51)57(44)50-34(2)16-14-25-41(50)36-19-7-4-8-20-36/h3-32H,1-2H3. The normalized spacial score (nSPS) is 13.6. The molecule has 0 atom stereocenters. The number of hydrogen-bond donors (Lipinski definition) is 0. The van der Waals surface area contributed by atoms with E-state index in [2.05, 4.69) is 178 Å². The van der Waals surface area contributed by atoms with Crippen molar-refractivity contribution in [2.24, 2.45) is 0 Å². The molecule has 0 radical (unpaired) electrons. The van der Waals surface area contributed by atoms with Gasteiger partial charge >= 0.3 is 6.03 Å². The minimum absolute atomic E-state index is 0.101. The van der Waals surface area contributed by atoms with Crippen LogP contribution in [0.25, 0.3) is 54.8 Å². The van der Waals surface area contributed by atoms with Crippen molar-refractivity contribution in [3.05, 3.63) is 193 Å². The third-order valence-corrected chi connectivity index (χ3v) is 13.6. The quantitative estimate of drug-likeness (QED) is 0.167. The van der Waals surface area contributed by atoms with Gasteiger partial charge in [-0.25, -0.2) is 4.79 Å². The molecule has 0 bridgehead atoms. The van der Waals surface area contributed by atoms with Gasteiger partial charge in [0.05, 0.1) is 22.7 Å². The molecule has 2 amide bonds. The van der Waals surface area contributed by atoms with E-state index >= 15 is 4.79 Å². The number of aryl methyl sites for hydroxylation is 2. The van der Waals surface area contributed by atoms with E-state index < -0.39 is 0 Å². The van der Waals surface area contributed by atoms with E-state index in [9.17, 15) is 0 Å². The topological polar surface area (TPSA) is 36.7 Å². The number of hydrogen-bond acceptors (Lipinski definition) is 2. The minimum Gasteiger partial charge on any atom is -0.468 e. The number of urea groups is 1. The summed E-state index contributed by atoms with van der Waals surface area (Å²) in [5.41, 5.74) is 18.0. The first-order valence-corrected chi connectivity index (χ1v) is 21.1. The third kappa shape index (κ3) is 4.70. The van der Waals surface area contributed by atoms with Crippen molar-refractivity contribution in [2.75, 3.05) is 9.80 Å². The number of amides is 2. The van der Waals surface area contributed by atoms with Crippen LogP contribution in [0.5, 0.6) is 0 Å². The molecule has 13 rings (SSSR count). The van der Waals surface area contributed by atoms with Crippen molar-refractivity contribution < 1.29 is 9.21 Å². The molecular weight excluding hydrogens is 742 g/mol. The Balaban J connectivity index is 1.18. The van der Waals surface area contributed by atoms with Crippen molar-refractivity contribution in [1.82, 2.24) is 0 Å². The van der Waals surface area contributed by atoms with Gasteiger partial charge in [0.25, 0.3) is 6.71 Å². The molecule has 4 nitrogen and oxygen atoms in total. The average molecular weight is 779 g/mol. The zero-order chi connectivity index (χ0) is 40.5. The summed E-state index contributed by atoms with van der Waals surface area (Å²) in [6.07, 6.45) is 0. The number of carbonyl (C=O) groups excluding carboxylic acids is 1. The number of carbonyl (C=O) groups is 1. The van der Waals surface area contributed by atoms with Crippen LogP contribution in [-0.2, 0) is 0 Å². The largest absolute Gasteiger partial charge is 0.468 e. The monoisotopic (exact) mass is 778 g/mol. The van der Waals surface area contributed by atoms with Crippen molar-refractivity contribution >= 4 is 108 Å². The Morgan fingerprint density at radius 3 is 1.69 bits per heavy atom. The SMILES string of the molecule is Cc1cccc(-c2ccccc2)c1B1c2cc3ccccc3cc2N2C(=O)N3c4c(oc5ccccc45)B(c4c(C)cccc4-c4ccccc4)c4ccc5ccc1c2c5c43. The molecule has 0 unspecified atom stereocenters. The van der Waals surface area contributed by atoms with E-state index in [1.54, 1.807) is 0 Å². The molecule has 9 aromatic carbocycles. The van der Waals surface area contributed by atoms with Crippen LogP contribution in [0.4, 0.5) is 27.5 Å². The van der Waals surface area contributed by atoms with Crippen molar-refractivity contribution in [3.8, 4) is 22.3 Å². The molecule has 0 N–H and O–H groups in total. The minimum atomic E-state index is -0.277. The summed E-state index contributed by atoms with van der Waals surface area (Å²) >= 11 is 0. The fraction of sp³-hybridized carbons (Fsp3) is 0.0364. The van der Waals surface area contributed by atoms with Crippen LogP contribution in [0.2, 0.25) is 0 Å². The Kier molecular flexibility index (Phi) is 7.16. The van der Waals surface area contributed by atoms with Crippen LogP contribution in [0.1, 0.15) is 11.1 Å². The zero-order valence-electron chi connectivity index (χ0n) is 33.7. The molecule has 0 saturated carbocycles. The molecule has 0 saturated heterocycles. The van der Waals surface area contributed by atoms with E-state index in [1.165, 1.54) is 33.2 Å². The lowest BCUT2D eigenvalue weighted by Crippen LogP contribution is -2.64. The maximum absolute atomic E-state index is 16.2. The lowest BCUT2D eigenvalue weighted by molar-refractivity contribution is 0.255. The van der Waals surface area contributed by atoms with Gasteiger partial charge in [-0.2, -0.15) is 0 Å². The van der Waals surface area contributed by atoms with Crippen molar-refractivity contribution in [2.45, 2.75) is 13.8 Å². The first-order chi connectivity index (χ1) is 30.0. The fourth-order valence-corrected chi connectivity index (χ4v) is 11.0. The predicted octanol–water partition coefficient (Wildman–Crippen LogP) is 9.76. The second kappa shape index (κ2) is 12.7. The lowest BCUT2D eigenvalue weighted by Gasteiger charge is -2.46. The number of furan rings is 1. The number of rotatable bonds is 4. The Morgan fingerprint density at radius 1 is 0.459 bits per heavy atom. The molecule has 0 fully saturated rings. The van der Waals surface area contributed by atoms with Crippen LogP contribution in [-0.4, -0.2) is 19.5 Å². The van der Waals surface area contributed by atoms with Crippen LogP contribution in [0.3, 0.4) is 0 Å². The van der Waals surface area contributed by atoms with Gasteiger partial charge in [0, 0.05) is 16.5 Å². The second-order valence-corrected chi connectivity index (χ2v) is 16.8. The van der Waals surface area contributed by atoms with Gasteiger partial charge in [0.1, 0.15) is 5.58 Å². The third-order valence-electron chi connectivity index (χ3n) is 13.6. The van der Waals surface area contributed by atoms with Gasteiger partial charge < -0.3 is 4.42 Å². The van der Waals surface area contributed by atoms with Crippen molar-refractivity contribution in [1.29, 1.82) is 0 Å². The first kappa shape index (κ1) is 34.3. The summed E-state index contributed by atoms with van der Waals surface area (Å²) in [6.45, 7) is 4.02. The highest BCUT2D eigenvalue weighted by Gasteiger charge is 2.51. The van der Waals surface area contributed by atoms with Gasteiger partial charge in [0.15, 0.2) is 0 Å². The highest BCUT2D eigenvalue weighted by atomic mass is 16.3. The van der Waals surface area contributed by atoms with Gasteiger partial charge in [-0.3, -0.25) is 9.80 Å². The summed E-state index contributed by atoms with van der Waals surface area (Å²) in [7, 11) is 0. The number of nitrogens with zero attached hydrogens (tertiary/aromatic N) is 2. The van der Waals surface area contributed by atoms with Gasteiger partial charge in [-0.15, -0.1) is 0 Å². The van der Waals surface area contributed by atoms with E-state index in [4.69, 9.17) is 4.42 Å². The number of anilines is 4. The summed E-state index contributed by atoms with van der Waals surface area (Å²) in [5, 5.41) is 5.35. The average Bonchev–Trinajstić information content (AvgIpc) is 3.69. The maximum Gasteiger partial charge on any atom is 0.338 e. The molecular formula is C55H36B2N2O2. The van der Waals surface area contributed by atoms with E-state index in [0.717, 1.165) is 88.4 Å². The summed E-state index contributed by atoms with van der Waals surface area (Å²) < 4.78 is 7.04. The molecule has 0 spiro atoms. The number of para-hydroxylation sites is 1. The number of benzene rings is 9. The Morgan fingerprint density at radius 2 is 1.02 bits per heavy atom. The fourth-order valence-electron chi connectivity index (χ4n) is 11.0. The second-order valence-electron chi connectivity index (χ2n) is 16.8. The molecule has 4 heterocycles. The van der Waals surface area contributed by atoms with E-state index in [-0.39, 0.29) is 19.5 Å².